The van der Waals surface area contributed by atoms with Crippen molar-refractivity contribution in [2.75, 3.05) is 0 Å². The molecule has 0 aliphatic rings. The van der Waals surface area contributed by atoms with Gasteiger partial charge in [0.25, 0.3) is 0 Å². The summed E-state index contributed by atoms with van der Waals surface area (Å²) in [5.41, 5.74) is 2.32. The molecule has 10 heavy (non-hydrogen) atoms. The van der Waals surface area contributed by atoms with Crippen LogP contribution in [0.4, 0.5) is 0 Å². The summed E-state index contributed by atoms with van der Waals surface area (Å²) >= 11 is 0. The second kappa shape index (κ2) is 2.65. The minimum atomic E-state index is 1.11. The number of aromatic nitrogens is 1. The standard InChI is InChI=1S/C9H12N/c1-8(2)9-4-6-10(3)7-5-9/h4-7H,1H2,2-3H3/q+1. The molecule has 0 unspecified atom stereocenters. The highest BCUT2D eigenvalue weighted by atomic mass is 14.9. The fourth-order valence-electron chi connectivity index (χ4n) is 0.786. The summed E-state index contributed by atoms with van der Waals surface area (Å²) in [6.45, 7) is 5.86. The predicted octanol–water partition coefficient (Wildman–Crippen LogP) is 1.54. The molecule has 0 bridgehead atoms. The zero-order valence-corrected chi connectivity index (χ0v) is 6.46. The monoisotopic (exact) mass is 134 g/mol. The molecule has 1 rings (SSSR count). The van der Waals surface area contributed by atoms with Crippen LogP contribution in [0.15, 0.2) is 31.1 Å². The van der Waals surface area contributed by atoms with Gasteiger partial charge in [-0.3, -0.25) is 0 Å². The van der Waals surface area contributed by atoms with Gasteiger partial charge in [0.05, 0.1) is 0 Å². The number of aryl methyl sites for hydroxylation is 1. The van der Waals surface area contributed by atoms with Crippen LogP contribution in [0.25, 0.3) is 5.57 Å². The molecule has 0 saturated heterocycles. The molecule has 0 aliphatic carbocycles. The Morgan fingerprint density at radius 1 is 1.40 bits per heavy atom. The van der Waals surface area contributed by atoms with Crippen LogP contribution in [0.5, 0.6) is 0 Å². The van der Waals surface area contributed by atoms with Gasteiger partial charge in [-0.1, -0.05) is 12.2 Å². The molecule has 0 spiro atoms. The van der Waals surface area contributed by atoms with E-state index in [0.717, 1.165) is 5.57 Å². The van der Waals surface area contributed by atoms with E-state index in [1.54, 1.807) is 0 Å². The lowest BCUT2D eigenvalue weighted by molar-refractivity contribution is -0.671. The Balaban J connectivity index is 3.00. The van der Waals surface area contributed by atoms with Crippen molar-refractivity contribution in [2.24, 2.45) is 7.05 Å². The van der Waals surface area contributed by atoms with Crippen LogP contribution >= 0.6 is 0 Å². The number of pyridine rings is 1. The number of hydrogen-bond acceptors (Lipinski definition) is 0. The Morgan fingerprint density at radius 3 is 2.30 bits per heavy atom. The first-order chi connectivity index (χ1) is 4.70. The molecular weight excluding hydrogens is 122 g/mol. The predicted molar refractivity (Wildman–Crippen MR) is 42.3 cm³/mol. The third-order valence-corrected chi connectivity index (χ3v) is 1.47. The van der Waals surface area contributed by atoms with Gasteiger partial charge in [-0.15, -0.1) is 0 Å². The quantitative estimate of drug-likeness (QED) is 0.513. The number of hydrogen-bond donors (Lipinski definition) is 0. The van der Waals surface area contributed by atoms with Crippen molar-refractivity contribution < 1.29 is 4.57 Å². The van der Waals surface area contributed by atoms with Crippen molar-refractivity contribution in [2.45, 2.75) is 6.92 Å². The number of nitrogens with zero attached hydrogens (tertiary/aromatic N) is 1. The van der Waals surface area contributed by atoms with Gasteiger partial charge in [0.1, 0.15) is 7.05 Å². The van der Waals surface area contributed by atoms with Crippen LogP contribution in [0, 0.1) is 0 Å². The molecule has 0 fully saturated rings. The molecule has 0 N–H and O–H groups in total. The molecule has 1 heteroatoms. The summed E-state index contributed by atoms with van der Waals surface area (Å²) < 4.78 is 2.01. The first-order valence-corrected chi connectivity index (χ1v) is 3.31. The molecule has 0 amide bonds. The van der Waals surface area contributed by atoms with Gasteiger partial charge in [0.2, 0.25) is 0 Å². The third kappa shape index (κ3) is 1.44. The molecule has 0 radical (unpaired) electrons. The van der Waals surface area contributed by atoms with E-state index >= 15 is 0 Å². The van der Waals surface area contributed by atoms with Crippen molar-refractivity contribution in [1.29, 1.82) is 0 Å². The van der Waals surface area contributed by atoms with E-state index in [-0.39, 0.29) is 0 Å². The highest BCUT2D eigenvalue weighted by Gasteiger charge is 1.93. The van der Waals surface area contributed by atoms with E-state index in [0.29, 0.717) is 0 Å². The summed E-state index contributed by atoms with van der Waals surface area (Å²) in [7, 11) is 2.00. The topological polar surface area (TPSA) is 3.88 Å². The third-order valence-electron chi connectivity index (χ3n) is 1.47. The fourth-order valence-corrected chi connectivity index (χ4v) is 0.786. The SMILES string of the molecule is C=C(C)c1cc[n+](C)cc1. The summed E-state index contributed by atoms with van der Waals surface area (Å²) in [6.07, 6.45) is 4.04. The van der Waals surface area contributed by atoms with Gasteiger partial charge in [-0.25, -0.2) is 4.57 Å². The summed E-state index contributed by atoms with van der Waals surface area (Å²) in [6, 6.07) is 4.12. The van der Waals surface area contributed by atoms with Crippen LogP contribution in [-0.4, -0.2) is 0 Å². The number of rotatable bonds is 1. The van der Waals surface area contributed by atoms with Gasteiger partial charge in [-0.2, -0.15) is 0 Å². The van der Waals surface area contributed by atoms with Gasteiger partial charge in [0.15, 0.2) is 12.4 Å². The van der Waals surface area contributed by atoms with Gasteiger partial charge < -0.3 is 0 Å². The highest BCUT2D eigenvalue weighted by molar-refractivity contribution is 5.59. The van der Waals surface area contributed by atoms with E-state index < -0.39 is 0 Å². The van der Waals surface area contributed by atoms with E-state index in [1.807, 2.05) is 30.9 Å². The maximum absolute atomic E-state index is 3.85. The van der Waals surface area contributed by atoms with Crippen molar-refractivity contribution in [3.05, 3.63) is 36.7 Å². The van der Waals surface area contributed by atoms with E-state index in [9.17, 15) is 0 Å². The Bertz CT molecular complexity index is 233. The summed E-state index contributed by atoms with van der Waals surface area (Å²) in [4.78, 5) is 0. The lowest BCUT2D eigenvalue weighted by Crippen LogP contribution is -2.25. The Labute approximate surface area is 61.6 Å². The molecule has 0 aliphatic heterocycles. The second-order valence-corrected chi connectivity index (χ2v) is 2.53. The molecule has 1 nitrogen and oxygen atoms in total. The Hall–Kier alpha value is -1.11. The fraction of sp³-hybridized carbons (Fsp3) is 0.222. The maximum atomic E-state index is 3.85. The minimum absolute atomic E-state index is 1.11. The highest BCUT2D eigenvalue weighted by Crippen LogP contribution is 2.06. The van der Waals surface area contributed by atoms with Crippen molar-refractivity contribution in [1.82, 2.24) is 0 Å². The van der Waals surface area contributed by atoms with E-state index in [4.69, 9.17) is 0 Å². The number of allylic oxidation sites excluding steroid dienone is 1. The van der Waals surface area contributed by atoms with Crippen LogP contribution < -0.4 is 4.57 Å². The molecular formula is C9H12N+. The van der Waals surface area contributed by atoms with Crippen LogP contribution in [0.2, 0.25) is 0 Å². The zero-order valence-electron chi connectivity index (χ0n) is 6.46. The molecule has 1 heterocycles. The van der Waals surface area contributed by atoms with Gasteiger partial charge in [-0.05, 0) is 12.5 Å². The molecule has 1 aromatic rings. The Kier molecular flexibility index (Phi) is 1.86. The molecule has 0 aromatic carbocycles. The van der Waals surface area contributed by atoms with Gasteiger partial charge >= 0.3 is 0 Å². The average molecular weight is 134 g/mol. The smallest absolute Gasteiger partial charge is 0.169 e. The largest absolute Gasteiger partial charge is 0.208 e. The summed E-state index contributed by atoms with van der Waals surface area (Å²) in [5, 5.41) is 0. The summed E-state index contributed by atoms with van der Waals surface area (Å²) in [5.74, 6) is 0. The first kappa shape index (κ1) is 7.00. The molecule has 0 saturated carbocycles. The van der Waals surface area contributed by atoms with Crippen LogP contribution in [0.1, 0.15) is 12.5 Å². The lowest BCUT2D eigenvalue weighted by Gasteiger charge is -1.94. The maximum Gasteiger partial charge on any atom is 0.169 e. The Morgan fingerprint density at radius 2 is 1.90 bits per heavy atom. The van der Waals surface area contributed by atoms with Crippen molar-refractivity contribution in [3.63, 3.8) is 0 Å². The average Bonchev–Trinajstić information content (AvgIpc) is 1.88. The minimum Gasteiger partial charge on any atom is -0.208 e. The molecule has 52 valence electrons. The molecule has 1 aromatic heterocycles. The van der Waals surface area contributed by atoms with E-state index in [2.05, 4.69) is 18.7 Å². The second-order valence-electron chi connectivity index (χ2n) is 2.53. The zero-order chi connectivity index (χ0) is 7.56. The van der Waals surface area contributed by atoms with Crippen molar-refractivity contribution in [3.8, 4) is 0 Å². The normalized spacial score (nSPS) is 9.40. The van der Waals surface area contributed by atoms with Crippen LogP contribution in [-0.2, 0) is 7.05 Å². The van der Waals surface area contributed by atoms with E-state index in [1.165, 1.54) is 5.56 Å². The van der Waals surface area contributed by atoms with Gasteiger partial charge in [0, 0.05) is 12.1 Å². The lowest BCUT2D eigenvalue weighted by atomic mass is 10.1. The van der Waals surface area contributed by atoms with Crippen LogP contribution in [0.3, 0.4) is 0 Å². The van der Waals surface area contributed by atoms with Crippen molar-refractivity contribution >= 4 is 5.57 Å². The first-order valence-electron chi connectivity index (χ1n) is 3.31. The molecule has 0 atom stereocenters.